The van der Waals surface area contributed by atoms with Crippen LogP contribution in [0.15, 0.2) is 48.5 Å². The van der Waals surface area contributed by atoms with Gasteiger partial charge >= 0.3 is 0 Å². The Labute approximate surface area is 120 Å². The van der Waals surface area contributed by atoms with E-state index in [0.29, 0.717) is 0 Å². The van der Waals surface area contributed by atoms with Crippen molar-refractivity contribution in [1.29, 1.82) is 0 Å². The third-order valence-electron chi connectivity index (χ3n) is 3.24. The van der Waals surface area contributed by atoms with Crippen LogP contribution in [0, 0.1) is 20.8 Å². The molecule has 1 N–H and O–H groups in total. The molecule has 0 fully saturated rings. The molecule has 1 amide bonds. The van der Waals surface area contributed by atoms with Crippen LogP contribution < -0.4 is 5.32 Å². The van der Waals surface area contributed by atoms with Gasteiger partial charge in [0.05, 0.1) is 0 Å². The Kier molecular flexibility index (Phi) is 4.36. The third kappa shape index (κ3) is 3.58. The van der Waals surface area contributed by atoms with E-state index in [-0.39, 0.29) is 5.91 Å². The maximum Gasteiger partial charge on any atom is 0.248 e. The molecular formula is C18H19NO. The molecule has 2 rings (SSSR count). The van der Waals surface area contributed by atoms with Crippen LogP contribution >= 0.6 is 0 Å². The first-order chi connectivity index (χ1) is 9.56. The minimum Gasteiger partial charge on any atom is -0.322 e. The molecule has 2 nitrogen and oxygen atoms in total. The van der Waals surface area contributed by atoms with Crippen molar-refractivity contribution in [3.8, 4) is 0 Å². The highest BCUT2D eigenvalue weighted by Gasteiger charge is 2.01. The molecular weight excluding hydrogens is 246 g/mol. The summed E-state index contributed by atoms with van der Waals surface area (Å²) in [5.74, 6) is -0.111. The Morgan fingerprint density at radius 1 is 1.00 bits per heavy atom. The molecule has 0 spiro atoms. The monoisotopic (exact) mass is 265 g/mol. The van der Waals surface area contributed by atoms with Crippen LogP contribution in [0.1, 0.15) is 22.3 Å². The lowest BCUT2D eigenvalue weighted by atomic mass is 10.1. The van der Waals surface area contributed by atoms with Crippen LogP contribution in [0.25, 0.3) is 6.08 Å². The number of carbonyl (C=O) groups is 1. The summed E-state index contributed by atoms with van der Waals surface area (Å²) in [6.07, 6.45) is 3.41. The molecule has 2 heteroatoms. The summed E-state index contributed by atoms with van der Waals surface area (Å²) in [5.41, 5.74) is 5.33. The second-order valence-corrected chi connectivity index (χ2v) is 5.00. The number of aryl methyl sites for hydroxylation is 3. The molecule has 0 aliphatic heterocycles. The van der Waals surface area contributed by atoms with Gasteiger partial charge in [0.25, 0.3) is 0 Å². The molecule has 0 saturated carbocycles. The topological polar surface area (TPSA) is 29.1 Å². The van der Waals surface area contributed by atoms with Gasteiger partial charge in [-0.1, -0.05) is 42.0 Å². The zero-order valence-corrected chi connectivity index (χ0v) is 12.1. The maximum atomic E-state index is 11.9. The highest BCUT2D eigenvalue weighted by molar-refractivity contribution is 6.02. The summed E-state index contributed by atoms with van der Waals surface area (Å²) in [6.45, 7) is 6.06. The lowest BCUT2D eigenvalue weighted by molar-refractivity contribution is -0.111. The number of benzene rings is 2. The van der Waals surface area contributed by atoms with Gasteiger partial charge in [-0.25, -0.2) is 0 Å². The van der Waals surface area contributed by atoms with Crippen molar-refractivity contribution in [2.75, 3.05) is 5.32 Å². The molecule has 0 aromatic heterocycles. The predicted molar refractivity (Wildman–Crippen MR) is 84.8 cm³/mol. The largest absolute Gasteiger partial charge is 0.322 e. The van der Waals surface area contributed by atoms with Crippen LogP contribution in [0.4, 0.5) is 5.69 Å². The first-order valence-corrected chi connectivity index (χ1v) is 6.68. The van der Waals surface area contributed by atoms with Crippen LogP contribution in [-0.2, 0) is 4.79 Å². The molecule has 0 heterocycles. The standard InChI is InChI=1S/C18H19NO/c1-13-8-10-17(15(3)12-13)19-18(20)11-9-16-7-5-4-6-14(16)2/h4-12H,1-3H3,(H,19,20)/b11-9+. The van der Waals surface area contributed by atoms with Gasteiger partial charge in [-0.3, -0.25) is 4.79 Å². The predicted octanol–water partition coefficient (Wildman–Crippen LogP) is 4.26. The minimum absolute atomic E-state index is 0.111. The Morgan fingerprint density at radius 2 is 1.75 bits per heavy atom. The fourth-order valence-electron chi connectivity index (χ4n) is 2.07. The average molecular weight is 265 g/mol. The van der Waals surface area contributed by atoms with Gasteiger partial charge in [-0.15, -0.1) is 0 Å². The van der Waals surface area contributed by atoms with Crippen molar-refractivity contribution in [2.24, 2.45) is 0 Å². The van der Waals surface area contributed by atoms with Gasteiger partial charge in [0, 0.05) is 11.8 Å². The van der Waals surface area contributed by atoms with E-state index in [2.05, 4.69) is 11.4 Å². The lowest BCUT2D eigenvalue weighted by Gasteiger charge is -2.07. The lowest BCUT2D eigenvalue weighted by Crippen LogP contribution is -2.09. The summed E-state index contributed by atoms with van der Waals surface area (Å²) in [7, 11) is 0. The van der Waals surface area contributed by atoms with E-state index in [4.69, 9.17) is 0 Å². The molecule has 0 bridgehead atoms. The van der Waals surface area contributed by atoms with Crippen LogP contribution in [0.5, 0.6) is 0 Å². The fourth-order valence-corrected chi connectivity index (χ4v) is 2.07. The van der Waals surface area contributed by atoms with Gasteiger partial charge in [-0.2, -0.15) is 0 Å². The molecule has 20 heavy (non-hydrogen) atoms. The highest BCUT2D eigenvalue weighted by Crippen LogP contribution is 2.16. The second-order valence-electron chi connectivity index (χ2n) is 5.00. The minimum atomic E-state index is -0.111. The maximum absolute atomic E-state index is 11.9. The normalized spacial score (nSPS) is 10.8. The summed E-state index contributed by atoms with van der Waals surface area (Å²) < 4.78 is 0. The third-order valence-corrected chi connectivity index (χ3v) is 3.24. The number of hydrogen-bond donors (Lipinski definition) is 1. The highest BCUT2D eigenvalue weighted by atomic mass is 16.1. The van der Waals surface area contributed by atoms with Gasteiger partial charge in [-0.05, 0) is 49.6 Å². The zero-order chi connectivity index (χ0) is 14.5. The van der Waals surface area contributed by atoms with Crippen molar-refractivity contribution in [1.82, 2.24) is 0 Å². The van der Waals surface area contributed by atoms with Crippen molar-refractivity contribution < 1.29 is 4.79 Å². The molecule has 0 aliphatic carbocycles. The Balaban J connectivity index is 2.08. The first-order valence-electron chi connectivity index (χ1n) is 6.68. The molecule has 0 atom stereocenters. The van der Waals surface area contributed by atoms with Gasteiger partial charge < -0.3 is 5.32 Å². The van der Waals surface area contributed by atoms with E-state index >= 15 is 0 Å². The van der Waals surface area contributed by atoms with E-state index in [1.165, 1.54) is 5.56 Å². The van der Waals surface area contributed by atoms with Crippen LogP contribution in [0.2, 0.25) is 0 Å². The van der Waals surface area contributed by atoms with E-state index < -0.39 is 0 Å². The molecule has 0 saturated heterocycles. The first kappa shape index (κ1) is 14.1. The zero-order valence-electron chi connectivity index (χ0n) is 12.1. The van der Waals surface area contributed by atoms with E-state index in [9.17, 15) is 4.79 Å². The van der Waals surface area contributed by atoms with Crippen molar-refractivity contribution in [3.63, 3.8) is 0 Å². The van der Waals surface area contributed by atoms with Crippen molar-refractivity contribution in [3.05, 3.63) is 70.8 Å². The Hall–Kier alpha value is -2.35. The second kappa shape index (κ2) is 6.20. The van der Waals surface area contributed by atoms with E-state index in [1.807, 2.05) is 63.2 Å². The fraction of sp³-hybridized carbons (Fsp3) is 0.167. The van der Waals surface area contributed by atoms with E-state index in [1.54, 1.807) is 6.08 Å². The molecule has 0 aliphatic rings. The van der Waals surface area contributed by atoms with Crippen LogP contribution in [-0.4, -0.2) is 5.91 Å². The number of amides is 1. The summed E-state index contributed by atoms with van der Waals surface area (Å²) in [5, 5.41) is 2.90. The summed E-state index contributed by atoms with van der Waals surface area (Å²) in [6, 6.07) is 14.0. The number of carbonyl (C=O) groups excluding carboxylic acids is 1. The quantitative estimate of drug-likeness (QED) is 0.825. The number of rotatable bonds is 3. The Morgan fingerprint density at radius 3 is 2.45 bits per heavy atom. The SMILES string of the molecule is Cc1ccc(NC(=O)/C=C/c2ccccc2C)c(C)c1. The number of anilines is 1. The van der Waals surface area contributed by atoms with Crippen molar-refractivity contribution >= 4 is 17.7 Å². The van der Waals surface area contributed by atoms with Gasteiger partial charge in [0.1, 0.15) is 0 Å². The molecule has 0 unspecified atom stereocenters. The molecule has 2 aromatic carbocycles. The van der Waals surface area contributed by atoms with Crippen LogP contribution in [0.3, 0.4) is 0 Å². The van der Waals surface area contributed by atoms with Crippen molar-refractivity contribution in [2.45, 2.75) is 20.8 Å². The number of nitrogens with one attached hydrogen (secondary N) is 1. The Bertz CT molecular complexity index is 656. The number of hydrogen-bond acceptors (Lipinski definition) is 1. The van der Waals surface area contributed by atoms with Gasteiger partial charge in [0.15, 0.2) is 0 Å². The molecule has 102 valence electrons. The summed E-state index contributed by atoms with van der Waals surface area (Å²) >= 11 is 0. The van der Waals surface area contributed by atoms with E-state index in [0.717, 1.165) is 22.4 Å². The molecule has 0 radical (unpaired) electrons. The molecule has 2 aromatic rings. The average Bonchev–Trinajstić information content (AvgIpc) is 2.41. The smallest absolute Gasteiger partial charge is 0.248 e. The van der Waals surface area contributed by atoms with Gasteiger partial charge in [0.2, 0.25) is 5.91 Å². The summed E-state index contributed by atoms with van der Waals surface area (Å²) in [4.78, 5) is 11.9.